The van der Waals surface area contributed by atoms with Gasteiger partial charge in [-0.05, 0) is 74.0 Å². The minimum atomic E-state index is -0.903. The van der Waals surface area contributed by atoms with E-state index in [2.05, 4.69) is 60.6 Å². The standard InChI is InChI=1S/C28H32N8O/c1-3-28(37)11-10-18-4-9-24(32-25(18)28)33-26-19(12-29)13-30-27(34-26)31-22-5-7-23(8-6-22)36-16-20-14-35(2)15-21(20)17-36/h4-9,13,20-21,37H,3,10-11,14-17H2,1-2H3,(H2,30,31,32,33,34). The van der Waals surface area contributed by atoms with Gasteiger partial charge in [-0.15, -0.1) is 0 Å². The van der Waals surface area contributed by atoms with Crippen molar-refractivity contribution >= 4 is 29.0 Å². The number of nitrogens with one attached hydrogen (secondary N) is 2. The molecule has 37 heavy (non-hydrogen) atoms. The smallest absolute Gasteiger partial charge is 0.229 e. The number of nitrogens with zero attached hydrogens (tertiary/aromatic N) is 6. The fourth-order valence-electron chi connectivity index (χ4n) is 6.03. The molecule has 0 saturated carbocycles. The number of aliphatic hydroxyl groups is 1. The number of likely N-dealkylation sites (tertiary alicyclic amines) is 1. The number of hydrogen-bond donors (Lipinski definition) is 3. The highest BCUT2D eigenvalue weighted by atomic mass is 16.3. The van der Waals surface area contributed by atoms with Gasteiger partial charge in [0.2, 0.25) is 5.95 Å². The lowest BCUT2D eigenvalue weighted by atomic mass is 9.98. The van der Waals surface area contributed by atoms with Crippen LogP contribution in [0.15, 0.2) is 42.6 Å². The molecule has 1 aromatic carbocycles. The van der Waals surface area contributed by atoms with Gasteiger partial charge in [0.25, 0.3) is 0 Å². The molecule has 2 fully saturated rings. The highest BCUT2D eigenvalue weighted by molar-refractivity contribution is 5.65. The van der Waals surface area contributed by atoms with E-state index in [0.717, 1.165) is 42.6 Å². The van der Waals surface area contributed by atoms with Crippen molar-refractivity contribution in [2.45, 2.75) is 31.8 Å². The SMILES string of the molecule is CCC1(O)CCc2ccc(Nc3nc(Nc4ccc(N5CC6CN(C)CC6C5)cc4)ncc3C#N)nc21. The van der Waals surface area contributed by atoms with E-state index in [4.69, 9.17) is 0 Å². The second kappa shape index (κ2) is 9.29. The predicted octanol–water partition coefficient (Wildman–Crippen LogP) is 3.77. The fraction of sp³-hybridized carbons (Fsp3) is 0.429. The largest absolute Gasteiger partial charge is 0.384 e. The molecule has 4 heterocycles. The molecular formula is C28H32N8O. The van der Waals surface area contributed by atoms with Crippen LogP contribution in [0.5, 0.6) is 0 Å². The third kappa shape index (κ3) is 4.47. The Balaban J connectivity index is 1.17. The Labute approximate surface area is 217 Å². The van der Waals surface area contributed by atoms with E-state index in [9.17, 15) is 10.4 Å². The minimum Gasteiger partial charge on any atom is -0.384 e. The summed E-state index contributed by atoms with van der Waals surface area (Å²) in [6.45, 7) is 6.57. The van der Waals surface area contributed by atoms with E-state index in [0.29, 0.717) is 41.7 Å². The molecule has 3 aromatic rings. The van der Waals surface area contributed by atoms with Crippen molar-refractivity contribution in [3.8, 4) is 6.07 Å². The van der Waals surface area contributed by atoms with Crippen molar-refractivity contribution in [1.82, 2.24) is 19.9 Å². The first-order chi connectivity index (χ1) is 17.9. The number of rotatable bonds is 6. The number of fused-ring (bicyclic) bond motifs is 2. The molecule has 3 N–H and O–H groups in total. The molecule has 9 nitrogen and oxygen atoms in total. The Bertz CT molecular complexity index is 1340. The van der Waals surface area contributed by atoms with Crippen LogP contribution in [-0.4, -0.2) is 58.2 Å². The van der Waals surface area contributed by atoms with Gasteiger partial charge in [0.05, 0.1) is 11.9 Å². The highest BCUT2D eigenvalue weighted by Gasteiger charge is 2.39. The van der Waals surface area contributed by atoms with Crippen LogP contribution in [-0.2, 0) is 12.0 Å². The van der Waals surface area contributed by atoms with Crippen LogP contribution in [0.3, 0.4) is 0 Å². The molecule has 3 atom stereocenters. The number of nitriles is 1. The summed E-state index contributed by atoms with van der Waals surface area (Å²) in [5.41, 5.74) is 3.30. The Morgan fingerprint density at radius 3 is 2.51 bits per heavy atom. The molecule has 0 spiro atoms. The van der Waals surface area contributed by atoms with E-state index in [1.807, 2.05) is 31.2 Å². The molecule has 0 bridgehead atoms. The van der Waals surface area contributed by atoms with E-state index in [1.54, 1.807) is 0 Å². The van der Waals surface area contributed by atoms with Gasteiger partial charge < -0.3 is 25.5 Å². The van der Waals surface area contributed by atoms with Gasteiger partial charge in [-0.1, -0.05) is 13.0 Å². The normalized spacial score (nSPS) is 24.5. The van der Waals surface area contributed by atoms with Gasteiger partial charge >= 0.3 is 0 Å². The maximum Gasteiger partial charge on any atom is 0.229 e. The zero-order chi connectivity index (χ0) is 25.6. The van der Waals surface area contributed by atoms with Crippen molar-refractivity contribution in [3.63, 3.8) is 0 Å². The van der Waals surface area contributed by atoms with Crippen LogP contribution in [0.4, 0.5) is 29.0 Å². The van der Waals surface area contributed by atoms with Gasteiger partial charge in [-0.2, -0.15) is 10.2 Å². The van der Waals surface area contributed by atoms with Crippen LogP contribution in [0.1, 0.15) is 36.6 Å². The monoisotopic (exact) mass is 496 g/mol. The van der Waals surface area contributed by atoms with Crippen molar-refractivity contribution in [1.29, 1.82) is 5.26 Å². The van der Waals surface area contributed by atoms with Crippen molar-refractivity contribution < 1.29 is 5.11 Å². The first kappa shape index (κ1) is 23.6. The molecule has 1 aliphatic carbocycles. The number of anilines is 5. The lowest BCUT2D eigenvalue weighted by Gasteiger charge is -2.21. The maximum absolute atomic E-state index is 10.9. The van der Waals surface area contributed by atoms with Crippen LogP contribution in [0.25, 0.3) is 0 Å². The topological polar surface area (TPSA) is 113 Å². The van der Waals surface area contributed by atoms with E-state index < -0.39 is 5.60 Å². The summed E-state index contributed by atoms with van der Waals surface area (Å²) in [6.07, 6.45) is 3.60. The number of benzene rings is 1. The second-order valence-electron chi connectivity index (χ2n) is 10.6. The minimum absolute atomic E-state index is 0.319. The van der Waals surface area contributed by atoms with Crippen LogP contribution >= 0.6 is 0 Å². The molecule has 3 unspecified atom stereocenters. The first-order valence-corrected chi connectivity index (χ1v) is 13.0. The number of aromatic nitrogens is 3. The zero-order valence-corrected chi connectivity index (χ0v) is 21.3. The maximum atomic E-state index is 10.9. The van der Waals surface area contributed by atoms with Gasteiger partial charge in [-0.3, -0.25) is 0 Å². The Kier molecular flexibility index (Phi) is 5.94. The summed E-state index contributed by atoms with van der Waals surface area (Å²) in [7, 11) is 2.21. The summed E-state index contributed by atoms with van der Waals surface area (Å²) < 4.78 is 0. The molecule has 9 heteroatoms. The van der Waals surface area contributed by atoms with Crippen LogP contribution < -0.4 is 15.5 Å². The average molecular weight is 497 g/mol. The molecule has 2 aromatic heterocycles. The summed E-state index contributed by atoms with van der Waals surface area (Å²) in [5, 5.41) is 26.9. The van der Waals surface area contributed by atoms with Gasteiger partial charge in [-0.25, -0.2) is 9.97 Å². The van der Waals surface area contributed by atoms with Gasteiger partial charge in [0.1, 0.15) is 23.1 Å². The molecule has 2 aliphatic heterocycles. The molecule has 2 saturated heterocycles. The quantitative estimate of drug-likeness (QED) is 0.469. The molecule has 0 radical (unpaired) electrons. The predicted molar refractivity (Wildman–Crippen MR) is 143 cm³/mol. The van der Waals surface area contributed by atoms with Crippen LogP contribution in [0, 0.1) is 23.2 Å². The summed E-state index contributed by atoms with van der Waals surface area (Å²) in [5.74, 6) is 2.82. The second-order valence-corrected chi connectivity index (χ2v) is 10.6. The molecule has 0 amide bonds. The zero-order valence-electron chi connectivity index (χ0n) is 21.3. The third-order valence-corrected chi connectivity index (χ3v) is 8.13. The fourth-order valence-corrected chi connectivity index (χ4v) is 6.03. The van der Waals surface area contributed by atoms with E-state index in [-0.39, 0.29) is 0 Å². The highest BCUT2D eigenvalue weighted by Crippen LogP contribution is 2.39. The lowest BCUT2D eigenvalue weighted by Crippen LogP contribution is -2.26. The average Bonchev–Trinajstić information content (AvgIpc) is 3.56. The van der Waals surface area contributed by atoms with Gasteiger partial charge in [0, 0.05) is 37.6 Å². The Hall–Kier alpha value is -3.74. The molecular weight excluding hydrogens is 464 g/mol. The summed E-state index contributed by atoms with van der Waals surface area (Å²) in [4.78, 5) is 18.5. The Morgan fingerprint density at radius 1 is 1.05 bits per heavy atom. The van der Waals surface area contributed by atoms with Crippen molar-refractivity contribution in [2.75, 3.05) is 48.8 Å². The number of aryl methyl sites for hydroxylation is 1. The van der Waals surface area contributed by atoms with E-state index >= 15 is 0 Å². The molecule has 6 rings (SSSR count). The molecule has 3 aliphatic rings. The lowest BCUT2D eigenvalue weighted by molar-refractivity contribution is 0.0307. The van der Waals surface area contributed by atoms with Crippen LogP contribution in [0.2, 0.25) is 0 Å². The van der Waals surface area contributed by atoms with Crippen molar-refractivity contribution in [3.05, 3.63) is 59.4 Å². The summed E-state index contributed by atoms with van der Waals surface area (Å²) in [6, 6.07) is 14.3. The number of hydrogen-bond acceptors (Lipinski definition) is 9. The molecule has 190 valence electrons. The van der Waals surface area contributed by atoms with Gasteiger partial charge in [0.15, 0.2) is 5.82 Å². The number of pyridine rings is 1. The third-order valence-electron chi connectivity index (χ3n) is 8.13. The first-order valence-electron chi connectivity index (χ1n) is 13.0. The summed E-state index contributed by atoms with van der Waals surface area (Å²) >= 11 is 0. The Morgan fingerprint density at radius 2 is 1.81 bits per heavy atom. The van der Waals surface area contributed by atoms with Crippen molar-refractivity contribution in [2.24, 2.45) is 11.8 Å². The van der Waals surface area contributed by atoms with E-state index in [1.165, 1.54) is 25.0 Å².